The number of carbonyl (C=O) groups is 1. The molecule has 152 valence electrons. The Bertz CT molecular complexity index is 933. The van der Waals surface area contributed by atoms with Crippen molar-refractivity contribution in [3.8, 4) is 23.0 Å². The van der Waals surface area contributed by atoms with Gasteiger partial charge in [-0.1, -0.05) is 23.9 Å². The average Bonchev–Trinajstić information content (AvgIpc) is 3.20. The molecule has 0 saturated carbocycles. The molecular formula is C20H20FN3O4S. The van der Waals surface area contributed by atoms with Crippen LogP contribution in [0.2, 0.25) is 0 Å². The third-order valence-corrected chi connectivity index (χ3v) is 4.48. The molecule has 7 nitrogen and oxygen atoms in total. The number of benzene rings is 2. The number of hydrogen-bond donors (Lipinski definition) is 1. The highest BCUT2D eigenvalue weighted by atomic mass is 32.2. The van der Waals surface area contributed by atoms with E-state index in [9.17, 15) is 9.18 Å². The molecule has 0 unspecified atom stereocenters. The Morgan fingerprint density at radius 1 is 1.10 bits per heavy atom. The summed E-state index contributed by atoms with van der Waals surface area (Å²) in [5.41, 5.74) is 0.225. The maximum atomic E-state index is 13.7. The molecule has 1 N–H and O–H groups in total. The summed E-state index contributed by atoms with van der Waals surface area (Å²) in [4.78, 5) is 11.9. The lowest BCUT2D eigenvalue weighted by Crippen LogP contribution is -2.29. The fourth-order valence-electron chi connectivity index (χ4n) is 2.35. The summed E-state index contributed by atoms with van der Waals surface area (Å²) in [6.07, 6.45) is 0. The minimum absolute atomic E-state index is 0.0785. The Balaban J connectivity index is 1.37. The van der Waals surface area contributed by atoms with Crippen molar-refractivity contribution in [1.82, 2.24) is 15.5 Å². The molecule has 3 rings (SSSR count). The zero-order valence-corrected chi connectivity index (χ0v) is 16.6. The predicted molar refractivity (Wildman–Crippen MR) is 107 cm³/mol. The minimum Gasteiger partial charge on any atom is -0.494 e. The molecule has 0 bridgehead atoms. The third-order valence-electron chi connectivity index (χ3n) is 3.67. The van der Waals surface area contributed by atoms with Gasteiger partial charge in [-0.15, -0.1) is 10.2 Å². The van der Waals surface area contributed by atoms with Crippen LogP contribution >= 0.6 is 11.8 Å². The van der Waals surface area contributed by atoms with E-state index in [0.717, 1.165) is 17.5 Å². The van der Waals surface area contributed by atoms with Crippen LogP contribution in [0.15, 0.2) is 58.2 Å². The highest BCUT2D eigenvalue weighted by Crippen LogP contribution is 2.24. The van der Waals surface area contributed by atoms with Crippen LogP contribution in [-0.4, -0.2) is 41.6 Å². The molecule has 0 spiro atoms. The Labute approximate surface area is 171 Å². The summed E-state index contributed by atoms with van der Waals surface area (Å²) in [6.45, 7) is 3.23. The summed E-state index contributed by atoms with van der Waals surface area (Å²) in [5.74, 6) is 1.01. The fraction of sp³-hybridized carbons (Fsp3) is 0.250. The van der Waals surface area contributed by atoms with Crippen LogP contribution in [-0.2, 0) is 4.79 Å². The standard InChI is InChI=1S/C20H20FN3O4S/c1-2-26-14-7-9-15(10-8-14)27-12-11-22-18(25)13-29-20-24-23-19(28-20)16-5-3-4-6-17(16)21/h3-10H,2,11-13H2,1H3,(H,22,25). The average molecular weight is 417 g/mol. The summed E-state index contributed by atoms with van der Waals surface area (Å²) in [5, 5.41) is 10.6. The van der Waals surface area contributed by atoms with Gasteiger partial charge in [0.25, 0.3) is 11.1 Å². The number of nitrogens with zero attached hydrogens (tertiary/aromatic N) is 2. The van der Waals surface area contributed by atoms with E-state index in [2.05, 4.69) is 15.5 Å². The van der Waals surface area contributed by atoms with Gasteiger partial charge in [-0.3, -0.25) is 4.79 Å². The van der Waals surface area contributed by atoms with E-state index in [4.69, 9.17) is 13.9 Å². The van der Waals surface area contributed by atoms with E-state index in [0.29, 0.717) is 25.5 Å². The molecular weight excluding hydrogens is 397 g/mol. The number of nitrogens with one attached hydrogen (secondary N) is 1. The van der Waals surface area contributed by atoms with Gasteiger partial charge >= 0.3 is 0 Å². The van der Waals surface area contributed by atoms with Crippen molar-refractivity contribution in [2.75, 3.05) is 25.5 Å². The van der Waals surface area contributed by atoms with Gasteiger partial charge in [0.15, 0.2) is 0 Å². The Morgan fingerprint density at radius 2 is 1.83 bits per heavy atom. The zero-order chi connectivity index (χ0) is 20.5. The number of halogens is 1. The lowest BCUT2D eigenvalue weighted by Gasteiger charge is -2.08. The van der Waals surface area contributed by atoms with Gasteiger partial charge in [0.1, 0.15) is 23.9 Å². The molecule has 29 heavy (non-hydrogen) atoms. The topological polar surface area (TPSA) is 86.5 Å². The van der Waals surface area contributed by atoms with Crippen LogP contribution < -0.4 is 14.8 Å². The number of carbonyl (C=O) groups excluding carboxylic acids is 1. The van der Waals surface area contributed by atoms with E-state index < -0.39 is 5.82 Å². The van der Waals surface area contributed by atoms with Crippen molar-refractivity contribution < 1.29 is 23.1 Å². The van der Waals surface area contributed by atoms with Crippen molar-refractivity contribution in [2.24, 2.45) is 0 Å². The van der Waals surface area contributed by atoms with E-state index in [1.807, 2.05) is 31.2 Å². The van der Waals surface area contributed by atoms with Gasteiger partial charge in [0.2, 0.25) is 5.91 Å². The molecule has 1 amide bonds. The van der Waals surface area contributed by atoms with Crippen LogP contribution in [0.5, 0.6) is 11.5 Å². The molecule has 0 saturated heterocycles. The number of ether oxygens (including phenoxy) is 2. The zero-order valence-electron chi connectivity index (χ0n) is 15.8. The van der Waals surface area contributed by atoms with Gasteiger partial charge in [-0.2, -0.15) is 0 Å². The van der Waals surface area contributed by atoms with Gasteiger partial charge in [0, 0.05) is 0 Å². The molecule has 2 aromatic carbocycles. The number of thioether (sulfide) groups is 1. The second-order valence-corrected chi connectivity index (χ2v) is 6.67. The van der Waals surface area contributed by atoms with E-state index in [-0.39, 0.29) is 28.3 Å². The smallest absolute Gasteiger partial charge is 0.277 e. The lowest BCUT2D eigenvalue weighted by atomic mass is 10.2. The van der Waals surface area contributed by atoms with Crippen LogP contribution in [0.3, 0.4) is 0 Å². The first-order valence-electron chi connectivity index (χ1n) is 8.99. The first kappa shape index (κ1) is 20.7. The second-order valence-electron chi connectivity index (χ2n) is 5.74. The normalized spacial score (nSPS) is 10.6. The summed E-state index contributed by atoms with van der Waals surface area (Å²) in [7, 11) is 0. The van der Waals surface area contributed by atoms with Crippen molar-refractivity contribution in [3.63, 3.8) is 0 Å². The van der Waals surface area contributed by atoms with Crippen LogP contribution in [0.25, 0.3) is 11.5 Å². The van der Waals surface area contributed by atoms with E-state index in [1.54, 1.807) is 18.2 Å². The summed E-state index contributed by atoms with van der Waals surface area (Å²) >= 11 is 1.08. The molecule has 0 aliphatic heterocycles. The van der Waals surface area contributed by atoms with Crippen molar-refractivity contribution in [2.45, 2.75) is 12.1 Å². The SMILES string of the molecule is CCOc1ccc(OCCNC(=O)CSc2nnc(-c3ccccc3F)o2)cc1. The van der Waals surface area contributed by atoms with Crippen molar-refractivity contribution in [3.05, 3.63) is 54.3 Å². The highest BCUT2D eigenvalue weighted by molar-refractivity contribution is 7.99. The molecule has 1 aromatic heterocycles. The Hall–Kier alpha value is -3.07. The predicted octanol–water partition coefficient (Wildman–Crippen LogP) is 3.56. The molecule has 1 heterocycles. The van der Waals surface area contributed by atoms with Gasteiger partial charge in [-0.25, -0.2) is 4.39 Å². The molecule has 9 heteroatoms. The number of rotatable bonds is 10. The number of aromatic nitrogens is 2. The molecule has 3 aromatic rings. The fourth-order valence-corrected chi connectivity index (χ4v) is 2.94. The molecule has 0 radical (unpaired) electrons. The van der Waals surface area contributed by atoms with Crippen LogP contribution in [0.1, 0.15) is 6.92 Å². The molecule has 0 aliphatic carbocycles. The molecule has 0 atom stereocenters. The number of amides is 1. The quantitative estimate of drug-likeness (QED) is 0.399. The molecule has 0 aliphatic rings. The highest BCUT2D eigenvalue weighted by Gasteiger charge is 2.13. The monoisotopic (exact) mass is 417 g/mol. The Morgan fingerprint density at radius 3 is 2.55 bits per heavy atom. The maximum Gasteiger partial charge on any atom is 0.277 e. The van der Waals surface area contributed by atoms with E-state index >= 15 is 0 Å². The Kier molecular flexibility index (Phi) is 7.46. The summed E-state index contributed by atoms with van der Waals surface area (Å²) in [6, 6.07) is 13.4. The summed E-state index contributed by atoms with van der Waals surface area (Å²) < 4.78 is 30.1. The first-order chi connectivity index (χ1) is 14.2. The largest absolute Gasteiger partial charge is 0.494 e. The maximum absolute atomic E-state index is 13.7. The van der Waals surface area contributed by atoms with Gasteiger partial charge in [0.05, 0.1) is 24.5 Å². The van der Waals surface area contributed by atoms with E-state index in [1.165, 1.54) is 6.07 Å². The van der Waals surface area contributed by atoms with Gasteiger partial charge in [-0.05, 0) is 43.3 Å². The van der Waals surface area contributed by atoms with Crippen molar-refractivity contribution in [1.29, 1.82) is 0 Å². The minimum atomic E-state index is -0.446. The first-order valence-corrected chi connectivity index (χ1v) is 9.98. The van der Waals surface area contributed by atoms with Gasteiger partial charge < -0.3 is 19.2 Å². The number of hydrogen-bond acceptors (Lipinski definition) is 7. The lowest BCUT2D eigenvalue weighted by molar-refractivity contribution is -0.118. The van der Waals surface area contributed by atoms with Crippen LogP contribution in [0.4, 0.5) is 4.39 Å². The van der Waals surface area contributed by atoms with Crippen LogP contribution in [0, 0.1) is 5.82 Å². The second kappa shape index (κ2) is 10.5. The third kappa shape index (κ3) is 6.21. The van der Waals surface area contributed by atoms with Crippen molar-refractivity contribution >= 4 is 17.7 Å². The molecule has 0 fully saturated rings.